The minimum absolute atomic E-state index is 0. The molecule has 0 unspecified atom stereocenters. The zero-order valence-electron chi connectivity index (χ0n) is 7.57. The largest absolute Gasteiger partial charge is 1.00 e. The average Bonchev–Trinajstić information content (AvgIpc) is 2.12. The number of hydrogen-bond donors (Lipinski definition) is 5. The van der Waals surface area contributed by atoms with Gasteiger partial charge in [0.2, 0.25) is 0 Å². The molecular weight excluding hydrogens is 207 g/mol. The van der Waals surface area contributed by atoms with E-state index in [1.54, 1.807) is 0 Å². The van der Waals surface area contributed by atoms with Crippen molar-refractivity contribution < 1.29 is 65.0 Å². The van der Waals surface area contributed by atoms with Gasteiger partial charge in [0, 0.05) is 0 Å². The van der Waals surface area contributed by atoms with Crippen molar-refractivity contribution in [1.29, 1.82) is 0 Å². The molecule has 0 fully saturated rings. The van der Waals surface area contributed by atoms with Crippen molar-refractivity contribution in [3.63, 3.8) is 0 Å². The second-order valence-electron chi connectivity index (χ2n) is 2.49. The summed E-state index contributed by atoms with van der Waals surface area (Å²) in [5.41, 5.74) is 0. The van der Waals surface area contributed by atoms with Gasteiger partial charge in [0.25, 0.3) is 0 Å². The topological polar surface area (TPSA) is 141 Å². The van der Waals surface area contributed by atoms with Gasteiger partial charge in [-0.1, -0.05) is 0 Å². The fraction of sp³-hybridized carbons (Fsp3) is 0.833. The Morgan fingerprint density at radius 3 is 1.86 bits per heavy atom. The van der Waals surface area contributed by atoms with Gasteiger partial charge in [-0.25, -0.2) is 0 Å². The monoisotopic (exact) mass is 218 g/mol. The number of hydrogen-bond acceptors (Lipinski definition) is 7. The van der Waals surface area contributed by atoms with Crippen LogP contribution in [-0.4, -0.2) is 62.5 Å². The molecule has 0 aromatic rings. The number of carboxylic acid groups (broad SMARTS) is 1. The van der Waals surface area contributed by atoms with Crippen molar-refractivity contribution >= 4 is 5.97 Å². The third-order valence-electron chi connectivity index (χ3n) is 1.50. The maximum absolute atomic E-state index is 9.98. The van der Waals surface area contributed by atoms with E-state index in [0.29, 0.717) is 0 Å². The van der Waals surface area contributed by atoms with Gasteiger partial charge in [-0.15, -0.1) is 0 Å². The van der Waals surface area contributed by atoms with Gasteiger partial charge in [-0.05, 0) is 0 Å². The predicted octanol–water partition coefficient (Wildman–Crippen LogP) is -7.82. The first kappa shape index (κ1) is 16.7. The summed E-state index contributed by atoms with van der Waals surface area (Å²) < 4.78 is 0. The number of aliphatic hydroxyl groups is 5. The number of rotatable bonds is 5. The number of carbonyl (C=O) groups excluding carboxylic acids is 1. The Kier molecular flexibility index (Phi) is 9.00. The molecule has 0 aromatic heterocycles. The Balaban J connectivity index is 0. The summed E-state index contributed by atoms with van der Waals surface area (Å²) in [7, 11) is 0. The van der Waals surface area contributed by atoms with Crippen LogP contribution in [0.2, 0.25) is 0 Å². The summed E-state index contributed by atoms with van der Waals surface area (Å²) in [5, 5.41) is 53.4. The van der Waals surface area contributed by atoms with E-state index in [1.165, 1.54) is 0 Å². The van der Waals surface area contributed by atoms with E-state index in [4.69, 9.17) is 25.5 Å². The number of aliphatic carboxylic acids is 1. The standard InChI is InChI=1S/C6H12O7.Na/c7-1-2(8)3(9)4(10)5(11)6(12)13;/h2-5,7-11H,1H2,(H,12,13);/q;+1/p-1/t2-,3+,4+,5-;/m0./s1. The molecule has 5 N–H and O–H groups in total. The zero-order valence-corrected chi connectivity index (χ0v) is 9.57. The van der Waals surface area contributed by atoms with Crippen LogP contribution in [-0.2, 0) is 4.79 Å². The molecule has 0 aromatic carbocycles. The van der Waals surface area contributed by atoms with Crippen LogP contribution in [0.1, 0.15) is 0 Å². The van der Waals surface area contributed by atoms with Crippen LogP contribution in [0.5, 0.6) is 0 Å². The molecule has 0 aliphatic heterocycles. The summed E-state index contributed by atoms with van der Waals surface area (Å²) in [4.78, 5) is 9.98. The van der Waals surface area contributed by atoms with E-state index < -0.39 is 37.0 Å². The molecule has 7 nitrogen and oxygen atoms in total. The maximum Gasteiger partial charge on any atom is 1.00 e. The van der Waals surface area contributed by atoms with E-state index in [-0.39, 0.29) is 29.6 Å². The van der Waals surface area contributed by atoms with E-state index >= 15 is 0 Å². The first-order valence-electron chi connectivity index (χ1n) is 3.45. The van der Waals surface area contributed by atoms with Gasteiger partial charge in [-0.2, -0.15) is 0 Å². The molecule has 4 atom stereocenters. The van der Waals surface area contributed by atoms with Crippen LogP contribution >= 0.6 is 0 Å². The summed E-state index contributed by atoms with van der Waals surface area (Å²) >= 11 is 0. The SMILES string of the molecule is O=C([O-])[C@@H](O)[C@H](O)[C@H](O)[C@@H](O)CO.[Na+]. The average molecular weight is 218 g/mol. The zero-order chi connectivity index (χ0) is 10.6. The Morgan fingerprint density at radius 1 is 1.14 bits per heavy atom. The number of carboxylic acids is 1. The summed E-state index contributed by atoms with van der Waals surface area (Å²) in [5.74, 6) is -1.98. The van der Waals surface area contributed by atoms with Gasteiger partial charge in [0.15, 0.2) is 0 Å². The Hall–Kier alpha value is 0.270. The molecule has 0 spiro atoms. The van der Waals surface area contributed by atoms with Crippen molar-refractivity contribution in [2.45, 2.75) is 24.4 Å². The smallest absolute Gasteiger partial charge is 0.547 e. The van der Waals surface area contributed by atoms with Gasteiger partial charge in [0.05, 0.1) is 12.6 Å². The third kappa shape index (κ3) is 4.67. The van der Waals surface area contributed by atoms with Crippen molar-refractivity contribution in [2.75, 3.05) is 6.61 Å². The molecule has 8 heteroatoms. The molecule has 78 valence electrons. The fourth-order valence-corrected chi connectivity index (χ4v) is 0.662. The van der Waals surface area contributed by atoms with Crippen molar-refractivity contribution in [1.82, 2.24) is 0 Å². The molecule has 14 heavy (non-hydrogen) atoms. The third-order valence-corrected chi connectivity index (χ3v) is 1.50. The molecule has 0 radical (unpaired) electrons. The van der Waals surface area contributed by atoms with Crippen LogP contribution in [0.15, 0.2) is 0 Å². The number of carbonyl (C=O) groups is 1. The summed E-state index contributed by atoms with van der Waals surface area (Å²) in [6, 6.07) is 0. The minimum atomic E-state index is -2.31. The first-order valence-corrected chi connectivity index (χ1v) is 3.45. The molecule has 0 aliphatic carbocycles. The van der Waals surface area contributed by atoms with E-state index in [1.807, 2.05) is 0 Å². The Labute approximate surface area is 102 Å². The maximum atomic E-state index is 9.98. The van der Waals surface area contributed by atoms with E-state index in [0.717, 1.165) is 0 Å². The van der Waals surface area contributed by atoms with E-state index in [9.17, 15) is 9.90 Å². The molecule has 0 saturated carbocycles. The van der Waals surface area contributed by atoms with Crippen LogP contribution < -0.4 is 34.7 Å². The second-order valence-corrected chi connectivity index (χ2v) is 2.49. The summed E-state index contributed by atoms with van der Waals surface area (Å²) in [6.07, 6.45) is -8.08. The van der Waals surface area contributed by atoms with E-state index in [2.05, 4.69) is 0 Å². The van der Waals surface area contributed by atoms with Gasteiger partial charge in [-0.3, -0.25) is 0 Å². The van der Waals surface area contributed by atoms with Crippen molar-refractivity contribution in [2.24, 2.45) is 0 Å². The normalized spacial score (nSPS) is 18.9. The summed E-state index contributed by atoms with van der Waals surface area (Å²) in [6.45, 7) is -0.863. The van der Waals surface area contributed by atoms with Crippen LogP contribution in [0.4, 0.5) is 0 Å². The fourth-order valence-electron chi connectivity index (χ4n) is 0.662. The molecule has 0 aliphatic rings. The second kappa shape index (κ2) is 7.55. The van der Waals surface area contributed by atoms with Crippen LogP contribution in [0.3, 0.4) is 0 Å². The molecule has 0 bridgehead atoms. The van der Waals surface area contributed by atoms with Crippen LogP contribution in [0.25, 0.3) is 0 Å². The molecule has 0 heterocycles. The quantitative estimate of drug-likeness (QED) is 0.288. The molecule has 0 rings (SSSR count). The van der Waals surface area contributed by atoms with Gasteiger partial charge in [0.1, 0.15) is 24.4 Å². The minimum Gasteiger partial charge on any atom is -0.547 e. The van der Waals surface area contributed by atoms with Crippen LogP contribution in [0, 0.1) is 0 Å². The predicted molar refractivity (Wildman–Crippen MR) is 36.1 cm³/mol. The molecular formula is C6H11NaO7. The molecule has 0 amide bonds. The Bertz CT molecular complexity index is 176. The van der Waals surface area contributed by atoms with Crippen molar-refractivity contribution in [3.05, 3.63) is 0 Å². The van der Waals surface area contributed by atoms with Gasteiger partial charge < -0.3 is 35.4 Å². The van der Waals surface area contributed by atoms with Gasteiger partial charge >= 0.3 is 29.6 Å². The van der Waals surface area contributed by atoms with Crippen molar-refractivity contribution in [3.8, 4) is 0 Å². The molecule has 0 saturated heterocycles. The number of aliphatic hydroxyl groups excluding tert-OH is 5. The Morgan fingerprint density at radius 2 is 1.57 bits per heavy atom. The first-order chi connectivity index (χ1) is 5.91.